The Hall–Kier alpha value is -2.75. The monoisotopic (exact) mass is 436 g/mol. The lowest BCUT2D eigenvalue weighted by Crippen LogP contribution is -2.85. The lowest BCUT2D eigenvalue weighted by molar-refractivity contribution is -0.342. The van der Waals surface area contributed by atoms with Gasteiger partial charge in [0.25, 0.3) is 0 Å². The minimum Gasteiger partial charge on any atom is -0.483 e. The van der Waals surface area contributed by atoms with Crippen LogP contribution in [0.15, 0.2) is 60.7 Å². The molecular weight excluding hydrogens is 400 g/mol. The van der Waals surface area contributed by atoms with Crippen molar-refractivity contribution in [2.75, 3.05) is 0 Å². The SMILES string of the molecule is C=C(C)C(=O)OCc1ccc(OC2(C)C(C)(C)C(C)(C)C2(C)Oc2ccc(C)cc2)cc1. The first-order chi connectivity index (χ1) is 14.7. The van der Waals surface area contributed by atoms with Gasteiger partial charge in [0.15, 0.2) is 11.2 Å². The maximum atomic E-state index is 11.6. The van der Waals surface area contributed by atoms with Gasteiger partial charge < -0.3 is 14.2 Å². The summed E-state index contributed by atoms with van der Waals surface area (Å²) in [6.45, 7) is 20.7. The Morgan fingerprint density at radius 1 is 0.781 bits per heavy atom. The van der Waals surface area contributed by atoms with Crippen molar-refractivity contribution in [1.82, 2.24) is 0 Å². The molecule has 2 aromatic rings. The standard InChI is InChI=1S/C28H36O4/c1-19(2)24(29)30-18-21-12-16-23(17-13-21)32-28(9)26(6,7)25(4,5)27(28,8)31-22-14-10-20(3)11-15-22/h10-17H,1,18H2,2-9H3. The van der Waals surface area contributed by atoms with Gasteiger partial charge >= 0.3 is 5.97 Å². The van der Waals surface area contributed by atoms with E-state index >= 15 is 0 Å². The van der Waals surface area contributed by atoms with E-state index in [1.807, 2.05) is 36.4 Å². The molecule has 4 heteroatoms. The first kappa shape index (κ1) is 23.9. The number of rotatable bonds is 7. The second-order valence-corrected chi connectivity index (χ2v) is 10.3. The Kier molecular flexibility index (Phi) is 5.97. The van der Waals surface area contributed by atoms with E-state index in [-0.39, 0.29) is 23.4 Å². The fourth-order valence-electron chi connectivity index (χ4n) is 4.78. The molecule has 0 bridgehead atoms. The van der Waals surface area contributed by atoms with Crippen molar-refractivity contribution in [2.45, 2.75) is 73.2 Å². The van der Waals surface area contributed by atoms with Crippen molar-refractivity contribution in [1.29, 1.82) is 0 Å². The summed E-state index contributed by atoms with van der Waals surface area (Å²) in [5.41, 5.74) is 1.04. The second kappa shape index (κ2) is 7.99. The Bertz CT molecular complexity index is 1000. The smallest absolute Gasteiger partial charge is 0.333 e. The van der Waals surface area contributed by atoms with Crippen molar-refractivity contribution in [3.05, 3.63) is 71.8 Å². The van der Waals surface area contributed by atoms with Crippen molar-refractivity contribution in [3.8, 4) is 11.5 Å². The van der Waals surface area contributed by atoms with E-state index in [1.54, 1.807) is 6.92 Å². The molecule has 0 spiro atoms. The maximum absolute atomic E-state index is 11.6. The van der Waals surface area contributed by atoms with Crippen LogP contribution >= 0.6 is 0 Å². The molecule has 0 saturated heterocycles. The third-order valence-electron chi connectivity index (χ3n) is 8.16. The molecule has 0 radical (unpaired) electrons. The molecule has 4 nitrogen and oxygen atoms in total. The molecule has 0 heterocycles. The zero-order chi connectivity index (χ0) is 23.9. The van der Waals surface area contributed by atoms with E-state index in [2.05, 4.69) is 67.2 Å². The van der Waals surface area contributed by atoms with Gasteiger partial charge in [-0.3, -0.25) is 0 Å². The van der Waals surface area contributed by atoms with E-state index in [4.69, 9.17) is 14.2 Å². The zero-order valence-corrected chi connectivity index (χ0v) is 20.7. The summed E-state index contributed by atoms with van der Waals surface area (Å²) in [6, 6.07) is 15.8. The van der Waals surface area contributed by atoms with E-state index in [0.717, 1.165) is 17.1 Å². The van der Waals surface area contributed by atoms with Gasteiger partial charge in [0.05, 0.1) is 0 Å². The Balaban J connectivity index is 1.83. The average Bonchev–Trinajstić information content (AvgIpc) is 2.73. The summed E-state index contributed by atoms with van der Waals surface area (Å²) in [6.07, 6.45) is 0. The van der Waals surface area contributed by atoms with Crippen molar-refractivity contribution < 1.29 is 19.0 Å². The van der Waals surface area contributed by atoms with Crippen LogP contribution in [0, 0.1) is 17.8 Å². The van der Waals surface area contributed by atoms with Crippen LogP contribution in [0.5, 0.6) is 11.5 Å². The topological polar surface area (TPSA) is 44.8 Å². The van der Waals surface area contributed by atoms with Crippen LogP contribution in [0.25, 0.3) is 0 Å². The van der Waals surface area contributed by atoms with Gasteiger partial charge in [-0.05, 0) is 57.5 Å². The molecule has 1 aliphatic rings. The molecule has 32 heavy (non-hydrogen) atoms. The Labute approximate surface area is 192 Å². The van der Waals surface area contributed by atoms with E-state index in [9.17, 15) is 4.79 Å². The highest BCUT2D eigenvalue weighted by molar-refractivity contribution is 5.86. The summed E-state index contributed by atoms with van der Waals surface area (Å²) in [5, 5.41) is 0. The molecule has 0 N–H and O–H groups in total. The Morgan fingerprint density at radius 3 is 1.59 bits per heavy atom. The summed E-state index contributed by atoms with van der Waals surface area (Å²) in [5.74, 6) is 1.20. The van der Waals surface area contributed by atoms with Crippen molar-refractivity contribution in [2.24, 2.45) is 10.8 Å². The number of ether oxygens (including phenoxy) is 3. The van der Waals surface area contributed by atoms with Crippen LogP contribution in [-0.4, -0.2) is 17.2 Å². The molecule has 1 aliphatic carbocycles. The van der Waals surface area contributed by atoms with Crippen LogP contribution in [0.2, 0.25) is 0 Å². The number of aryl methyl sites for hydroxylation is 1. The summed E-state index contributed by atoms with van der Waals surface area (Å²) in [4.78, 5) is 11.6. The predicted octanol–water partition coefficient (Wildman–Crippen LogP) is 6.66. The number of hydrogen-bond donors (Lipinski definition) is 0. The maximum Gasteiger partial charge on any atom is 0.333 e. The number of esters is 1. The van der Waals surface area contributed by atoms with Gasteiger partial charge in [-0.2, -0.15) is 0 Å². The van der Waals surface area contributed by atoms with Crippen LogP contribution in [0.4, 0.5) is 0 Å². The normalized spacial score (nSPS) is 25.4. The molecular formula is C28H36O4. The third kappa shape index (κ3) is 3.60. The van der Waals surface area contributed by atoms with Gasteiger partial charge in [0, 0.05) is 16.4 Å². The van der Waals surface area contributed by atoms with Gasteiger partial charge in [-0.15, -0.1) is 0 Å². The van der Waals surface area contributed by atoms with Gasteiger partial charge in [0.1, 0.15) is 18.1 Å². The highest BCUT2D eigenvalue weighted by atomic mass is 16.6. The fraction of sp³-hybridized carbons (Fsp3) is 0.464. The number of benzene rings is 2. The van der Waals surface area contributed by atoms with Gasteiger partial charge in [-0.25, -0.2) is 4.79 Å². The molecule has 172 valence electrons. The molecule has 2 unspecified atom stereocenters. The van der Waals surface area contributed by atoms with Crippen molar-refractivity contribution in [3.63, 3.8) is 0 Å². The van der Waals surface area contributed by atoms with E-state index in [0.29, 0.717) is 5.57 Å². The molecule has 3 rings (SSSR count). The highest BCUT2D eigenvalue weighted by Gasteiger charge is 2.80. The molecule has 0 aromatic heterocycles. The van der Waals surface area contributed by atoms with E-state index < -0.39 is 11.2 Å². The number of hydrogen-bond acceptors (Lipinski definition) is 4. The minimum absolute atomic E-state index is 0.143. The predicted molar refractivity (Wildman–Crippen MR) is 128 cm³/mol. The lowest BCUT2D eigenvalue weighted by atomic mass is 9.36. The number of carbonyl (C=O) groups is 1. The minimum atomic E-state index is -0.581. The van der Waals surface area contributed by atoms with Crippen LogP contribution in [0.1, 0.15) is 59.6 Å². The number of carbonyl (C=O) groups excluding carboxylic acids is 1. The molecule has 2 aromatic carbocycles. The van der Waals surface area contributed by atoms with Crippen LogP contribution < -0.4 is 9.47 Å². The first-order valence-electron chi connectivity index (χ1n) is 11.1. The second-order valence-electron chi connectivity index (χ2n) is 10.3. The largest absolute Gasteiger partial charge is 0.483 e. The summed E-state index contributed by atoms with van der Waals surface area (Å²) >= 11 is 0. The summed E-state index contributed by atoms with van der Waals surface area (Å²) < 4.78 is 18.6. The third-order valence-corrected chi connectivity index (χ3v) is 8.16. The summed E-state index contributed by atoms with van der Waals surface area (Å²) in [7, 11) is 0. The van der Waals surface area contributed by atoms with Crippen molar-refractivity contribution >= 4 is 5.97 Å². The van der Waals surface area contributed by atoms with Gasteiger partial charge in [-0.1, -0.05) is 64.1 Å². The van der Waals surface area contributed by atoms with E-state index in [1.165, 1.54) is 5.56 Å². The molecule has 1 fully saturated rings. The lowest BCUT2D eigenvalue weighted by Gasteiger charge is -2.74. The molecule has 2 atom stereocenters. The highest BCUT2D eigenvalue weighted by Crippen LogP contribution is 2.70. The zero-order valence-electron chi connectivity index (χ0n) is 20.7. The molecule has 1 saturated carbocycles. The first-order valence-corrected chi connectivity index (χ1v) is 11.1. The fourth-order valence-corrected chi connectivity index (χ4v) is 4.78. The van der Waals surface area contributed by atoms with Crippen LogP contribution in [-0.2, 0) is 16.1 Å². The van der Waals surface area contributed by atoms with Gasteiger partial charge in [0.2, 0.25) is 0 Å². The Morgan fingerprint density at radius 2 is 1.19 bits per heavy atom. The average molecular weight is 437 g/mol. The van der Waals surface area contributed by atoms with Crippen LogP contribution in [0.3, 0.4) is 0 Å². The molecule has 0 aliphatic heterocycles. The molecule has 0 amide bonds. The quantitative estimate of drug-likeness (QED) is 0.360.